The minimum absolute atomic E-state index is 1.19. The summed E-state index contributed by atoms with van der Waals surface area (Å²) in [6.45, 7) is 4.42. The zero-order chi connectivity index (χ0) is 10.2. The number of thiophene rings is 2. The summed E-state index contributed by atoms with van der Waals surface area (Å²) in [4.78, 5) is 0. The third-order valence-corrected chi connectivity index (χ3v) is 3.49. The van der Waals surface area contributed by atoms with Crippen LogP contribution in [0.2, 0.25) is 0 Å². The normalized spacial score (nSPS) is 9.29. The summed E-state index contributed by atoms with van der Waals surface area (Å²) >= 11 is 3.53. The molecule has 0 atom stereocenters. The molecule has 2 heterocycles. The summed E-state index contributed by atoms with van der Waals surface area (Å²) in [5, 5.41) is 8.58. The molecule has 0 spiro atoms. The molecule has 0 amide bonds. The first-order valence-electron chi connectivity index (χ1n) is 4.89. The molecule has 0 radical (unpaired) electrons. The average molecular weight is 224 g/mol. The van der Waals surface area contributed by atoms with E-state index < -0.39 is 0 Å². The van der Waals surface area contributed by atoms with Crippen molar-refractivity contribution in [2.75, 3.05) is 0 Å². The first kappa shape index (κ1) is 11.5. The van der Waals surface area contributed by atoms with Crippen molar-refractivity contribution >= 4 is 22.7 Å². The molecular weight excluding hydrogens is 208 g/mol. The molecule has 0 saturated heterocycles. The standard InChI is InChI=1S/C8H12S.C4H4S/c1-3-7-5-9-6-8(7)4-2;1-2-4-5-3-1/h5-6H,3-4H2,1-2H3;1-4H. The summed E-state index contributed by atoms with van der Waals surface area (Å²) in [7, 11) is 0. The van der Waals surface area contributed by atoms with Crippen LogP contribution >= 0.6 is 22.7 Å². The molecule has 0 saturated carbocycles. The van der Waals surface area contributed by atoms with Crippen LogP contribution in [0.4, 0.5) is 0 Å². The third-order valence-electron chi connectivity index (χ3n) is 2.02. The first-order valence-corrected chi connectivity index (χ1v) is 6.78. The molecule has 14 heavy (non-hydrogen) atoms. The second kappa shape index (κ2) is 6.80. The SMILES string of the molecule is CCc1cscc1CC.c1ccsc1. The van der Waals surface area contributed by atoms with Crippen molar-refractivity contribution in [1.29, 1.82) is 0 Å². The van der Waals surface area contributed by atoms with E-state index in [9.17, 15) is 0 Å². The van der Waals surface area contributed by atoms with Gasteiger partial charge in [0.15, 0.2) is 0 Å². The van der Waals surface area contributed by atoms with Crippen molar-refractivity contribution < 1.29 is 0 Å². The highest BCUT2D eigenvalue weighted by Gasteiger charge is 1.96. The summed E-state index contributed by atoms with van der Waals surface area (Å²) in [6, 6.07) is 4.04. The van der Waals surface area contributed by atoms with Crippen LogP contribution in [0.1, 0.15) is 25.0 Å². The topological polar surface area (TPSA) is 0 Å². The van der Waals surface area contributed by atoms with Gasteiger partial charge in [-0.25, -0.2) is 0 Å². The third kappa shape index (κ3) is 3.64. The lowest BCUT2D eigenvalue weighted by atomic mass is 10.1. The second-order valence-electron chi connectivity index (χ2n) is 2.92. The van der Waals surface area contributed by atoms with Gasteiger partial charge >= 0.3 is 0 Å². The minimum atomic E-state index is 1.19. The molecule has 0 aliphatic rings. The van der Waals surface area contributed by atoms with Gasteiger partial charge in [0.2, 0.25) is 0 Å². The van der Waals surface area contributed by atoms with Crippen LogP contribution < -0.4 is 0 Å². The Morgan fingerprint density at radius 3 is 1.64 bits per heavy atom. The Bertz CT molecular complexity index is 284. The quantitative estimate of drug-likeness (QED) is 0.698. The van der Waals surface area contributed by atoms with Crippen LogP contribution in [0.3, 0.4) is 0 Å². The Hall–Kier alpha value is -0.600. The number of hydrogen-bond donors (Lipinski definition) is 0. The molecule has 0 aromatic carbocycles. The summed E-state index contributed by atoms with van der Waals surface area (Å²) in [5.41, 5.74) is 3.06. The summed E-state index contributed by atoms with van der Waals surface area (Å²) < 4.78 is 0. The van der Waals surface area contributed by atoms with E-state index in [2.05, 4.69) is 24.6 Å². The maximum atomic E-state index is 2.25. The van der Waals surface area contributed by atoms with Crippen molar-refractivity contribution in [3.05, 3.63) is 44.8 Å². The molecular formula is C12H16S2. The van der Waals surface area contributed by atoms with Crippen LogP contribution in [-0.2, 0) is 12.8 Å². The highest BCUT2D eigenvalue weighted by atomic mass is 32.1. The number of hydrogen-bond acceptors (Lipinski definition) is 2. The highest BCUT2D eigenvalue weighted by molar-refractivity contribution is 7.08. The fourth-order valence-corrected chi connectivity index (χ4v) is 2.68. The Morgan fingerprint density at radius 1 is 0.857 bits per heavy atom. The van der Waals surface area contributed by atoms with Crippen LogP contribution in [0.25, 0.3) is 0 Å². The van der Waals surface area contributed by atoms with Crippen LogP contribution in [0.5, 0.6) is 0 Å². The smallest absolute Gasteiger partial charge is 0.00585 e. The monoisotopic (exact) mass is 224 g/mol. The molecule has 0 N–H and O–H groups in total. The maximum absolute atomic E-state index is 2.25. The van der Waals surface area contributed by atoms with E-state index in [1.165, 1.54) is 24.0 Å². The van der Waals surface area contributed by atoms with Gasteiger partial charge in [-0.2, -0.15) is 22.7 Å². The van der Waals surface area contributed by atoms with Crippen LogP contribution in [0.15, 0.2) is 33.7 Å². The van der Waals surface area contributed by atoms with E-state index in [1.807, 2.05) is 34.2 Å². The van der Waals surface area contributed by atoms with E-state index >= 15 is 0 Å². The lowest BCUT2D eigenvalue weighted by molar-refractivity contribution is 1.06. The fraction of sp³-hybridized carbons (Fsp3) is 0.333. The predicted octanol–water partition coefficient (Wildman–Crippen LogP) is 4.62. The van der Waals surface area contributed by atoms with Crippen LogP contribution in [-0.4, -0.2) is 0 Å². The molecule has 0 aliphatic heterocycles. The van der Waals surface area contributed by atoms with Gasteiger partial charge in [-0.15, -0.1) is 0 Å². The van der Waals surface area contributed by atoms with Crippen molar-refractivity contribution in [2.45, 2.75) is 26.7 Å². The van der Waals surface area contributed by atoms with E-state index in [1.54, 1.807) is 11.3 Å². The maximum Gasteiger partial charge on any atom is -0.00585 e. The van der Waals surface area contributed by atoms with Crippen molar-refractivity contribution in [2.24, 2.45) is 0 Å². The fourth-order valence-electron chi connectivity index (χ4n) is 1.20. The molecule has 0 nitrogen and oxygen atoms in total. The zero-order valence-electron chi connectivity index (χ0n) is 8.69. The highest BCUT2D eigenvalue weighted by Crippen LogP contribution is 2.15. The van der Waals surface area contributed by atoms with Gasteiger partial charge in [0.1, 0.15) is 0 Å². The Kier molecular flexibility index (Phi) is 5.57. The Morgan fingerprint density at radius 2 is 1.36 bits per heavy atom. The lowest BCUT2D eigenvalue weighted by Gasteiger charge is -1.93. The molecule has 2 aromatic heterocycles. The first-order chi connectivity index (χ1) is 6.88. The molecule has 2 rings (SSSR count). The van der Waals surface area contributed by atoms with Gasteiger partial charge in [-0.1, -0.05) is 26.0 Å². The van der Waals surface area contributed by atoms with Gasteiger partial charge < -0.3 is 0 Å². The van der Waals surface area contributed by atoms with Gasteiger partial charge in [0.05, 0.1) is 0 Å². The summed E-state index contributed by atoms with van der Waals surface area (Å²) in [6.07, 6.45) is 2.37. The van der Waals surface area contributed by atoms with Crippen molar-refractivity contribution in [3.63, 3.8) is 0 Å². The van der Waals surface area contributed by atoms with Gasteiger partial charge in [0.25, 0.3) is 0 Å². The van der Waals surface area contributed by atoms with Crippen molar-refractivity contribution in [1.82, 2.24) is 0 Å². The number of rotatable bonds is 2. The summed E-state index contributed by atoms with van der Waals surface area (Å²) in [5.74, 6) is 0. The zero-order valence-corrected chi connectivity index (χ0v) is 10.3. The van der Waals surface area contributed by atoms with Crippen molar-refractivity contribution in [3.8, 4) is 0 Å². The van der Waals surface area contributed by atoms with E-state index in [-0.39, 0.29) is 0 Å². The average Bonchev–Trinajstić information content (AvgIpc) is 2.91. The van der Waals surface area contributed by atoms with Crippen LogP contribution in [0, 0.1) is 0 Å². The molecule has 0 aliphatic carbocycles. The second-order valence-corrected chi connectivity index (χ2v) is 4.48. The molecule has 76 valence electrons. The molecule has 0 bridgehead atoms. The molecule has 2 heteroatoms. The lowest BCUT2D eigenvalue weighted by Crippen LogP contribution is -1.81. The number of aryl methyl sites for hydroxylation is 2. The largest absolute Gasteiger partial charge is 0.152 e. The minimum Gasteiger partial charge on any atom is -0.152 e. The van der Waals surface area contributed by atoms with Gasteiger partial charge in [0, 0.05) is 0 Å². The van der Waals surface area contributed by atoms with E-state index in [0.29, 0.717) is 0 Å². The van der Waals surface area contributed by atoms with Gasteiger partial charge in [-0.3, -0.25) is 0 Å². The molecule has 2 aromatic rings. The van der Waals surface area contributed by atoms with Gasteiger partial charge in [-0.05, 0) is 45.5 Å². The molecule has 0 unspecified atom stereocenters. The van der Waals surface area contributed by atoms with E-state index in [0.717, 1.165) is 0 Å². The molecule has 0 fully saturated rings. The Balaban J connectivity index is 0.000000165. The predicted molar refractivity (Wildman–Crippen MR) is 67.4 cm³/mol. The van der Waals surface area contributed by atoms with E-state index in [4.69, 9.17) is 0 Å². The Labute approximate surface area is 94.2 Å².